The van der Waals surface area contributed by atoms with E-state index < -0.39 is 28.3 Å². The van der Waals surface area contributed by atoms with Gasteiger partial charge in [-0.05, 0) is 76.9 Å². The van der Waals surface area contributed by atoms with Crippen molar-refractivity contribution in [1.29, 1.82) is 0 Å². The highest BCUT2D eigenvalue weighted by Gasteiger charge is 2.31. The van der Waals surface area contributed by atoms with E-state index in [9.17, 15) is 14.6 Å². The lowest BCUT2D eigenvalue weighted by Gasteiger charge is -2.33. The highest BCUT2D eigenvalue weighted by atomic mass is 31.2. The normalized spacial score (nSPS) is 16.9. The molecule has 0 fully saturated rings. The van der Waals surface area contributed by atoms with Gasteiger partial charge >= 0.3 is 0 Å². The van der Waals surface area contributed by atoms with Crippen LogP contribution in [0, 0.1) is 0 Å². The van der Waals surface area contributed by atoms with Gasteiger partial charge in [-0.2, -0.15) is 0 Å². The minimum atomic E-state index is -1.99. The van der Waals surface area contributed by atoms with Gasteiger partial charge in [0.1, 0.15) is 5.78 Å². The summed E-state index contributed by atoms with van der Waals surface area (Å²) in [5.41, 5.74) is 11.8. The summed E-state index contributed by atoms with van der Waals surface area (Å²) in [4.78, 5) is 31.8. The van der Waals surface area contributed by atoms with Crippen LogP contribution in [0.4, 0.5) is 0 Å². The number of rotatable bonds is 18. The molecule has 4 unspecified atom stereocenters. The average molecular weight is 557 g/mol. The SMILES string of the molecule is C/C=C\C=C(/CC)C(C)(CCCCC(=O)CCCCC(C)(OP(N)O)c1ccccc1)OP(N)O.CC. The second kappa shape index (κ2) is 20.0. The molecule has 6 N–H and O–H groups in total. The fourth-order valence-electron chi connectivity index (χ4n) is 4.29. The van der Waals surface area contributed by atoms with Gasteiger partial charge in [-0.15, -0.1) is 0 Å². The maximum Gasteiger partial charge on any atom is 0.251 e. The number of ketones is 1. The van der Waals surface area contributed by atoms with E-state index in [4.69, 9.17) is 20.1 Å². The molecule has 7 nitrogen and oxygen atoms in total. The molecule has 4 atom stereocenters. The smallest absolute Gasteiger partial charge is 0.251 e. The van der Waals surface area contributed by atoms with Gasteiger partial charge in [0.15, 0.2) is 0 Å². The van der Waals surface area contributed by atoms with Crippen LogP contribution >= 0.6 is 17.1 Å². The first-order valence-corrected chi connectivity index (χ1v) is 15.9. The molecule has 0 saturated heterocycles. The first kappa shape index (κ1) is 36.0. The Hall–Kier alpha value is -1.01. The van der Waals surface area contributed by atoms with E-state index in [1.807, 2.05) is 83.2 Å². The molecule has 0 aliphatic heterocycles. The second-order valence-corrected chi connectivity index (χ2v) is 10.7. The van der Waals surface area contributed by atoms with Crippen LogP contribution < -0.4 is 11.0 Å². The Kier molecular flexibility index (Phi) is 19.4. The van der Waals surface area contributed by atoms with E-state index >= 15 is 0 Å². The minimum absolute atomic E-state index is 0.238. The summed E-state index contributed by atoms with van der Waals surface area (Å²) < 4.78 is 11.4. The molecule has 0 radical (unpaired) electrons. The van der Waals surface area contributed by atoms with Crippen molar-refractivity contribution in [3.05, 3.63) is 59.7 Å². The summed E-state index contributed by atoms with van der Waals surface area (Å²) in [7, 11) is -3.97. The minimum Gasteiger partial charge on any atom is -0.338 e. The van der Waals surface area contributed by atoms with Gasteiger partial charge in [0, 0.05) is 12.8 Å². The van der Waals surface area contributed by atoms with Gasteiger partial charge in [-0.25, -0.2) is 0 Å². The molecule has 37 heavy (non-hydrogen) atoms. The van der Waals surface area contributed by atoms with Crippen LogP contribution in [0.25, 0.3) is 0 Å². The Balaban J connectivity index is 0.00000631. The molecule has 0 aliphatic carbocycles. The average Bonchev–Trinajstić information content (AvgIpc) is 2.86. The second-order valence-electron chi connectivity index (χ2n) is 9.14. The third-order valence-electron chi connectivity index (χ3n) is 6.24. The Morgan fingerprint density at radius 3 is 1.97 bits per heavy atom. The van der Waals surface area contributed by atoms with Gasteiger partial charge in [0.2, 0.25) is 0 Å². The van der Waals surface area contributed by atoms with Gasteiger partial charge in [0.05, 0.1) is 11.2 Å². The number of carbonyl (C=O) groups is 1. The van der Waals surface area contributed by atoms with E-state index in [0.29, 0.717) is 25.7 Å². The molecular formula is C28H50N2O5P2. The first-order chi connectivity index (χ1) is 17.6. The molecule has 0 amide bonds. The lowest BCUT2D eigenvalue weighted by Crippen LogP contribution is -2.30. The maximum absolute atomic E-state index is 12.5. The molecule has 0 bridgehead atoms. The van der Waals surface area contributed by atoms with Crippen LogP contribution in [-0.2, 0) is 19.4 Å². The monoisotopic (exact) mass is 556 g/mol. The van der Waals surface area contributed by atoms with Crippen molar-refractivity contribution in [1.82, 2.24) is 0 Å². The Morgan fingerprint density at radius 2 is 1.49 bits per heavy atom. The number of unbranched alkanes of at least 4 members (excludes halogenated alkanes) is 2. The summed E-state index contributed by atoms with van der Waals surface area (Å²) in [5, 5.41) is 0. The van der Waals surface area contributed by atoms with Crippen molar-refractivity contribution in [2.45, 2.75) is 111 Å². The molecule has 212 valence electrons. The summed E-state index contributed by atoms with van der Waals surface area (Å²) in [5.74, 6) is 0.238. The van der Waals surface area contributed by atoms with Crippen LogP contribution in [0.3, 0.4) is 0 Å². The first-order valence-electron chi connectivity index (χ1n) is 13.3. The fourth-order valence-corrected chi connectivity index (χ4v) is 5.52. The van der Waals surface area contributed by atoms with Gasteiger partial charge < -0.3 is 18.8 Å². The van der Waals surface area contributed by atoms with Gasteiger partial charge in [-0.3, -0.25) is 15.8 Å². The molecule has 0 spiro atoms. The lowest BCUT2D eigenvalue weighted by molar-refractivity contribution is -0.119. The van der Waals surface area contributed by atoms with E-state index in [-0.39, 0.29) is 5.78 Å². The Morgan fingerprint density at radius 1 is 0.946 bits per heavy atom. The third kappa shape index (κ3) is 14.6. The molecular weight excluding hydrogens is 506 g/mol. The van der Waals surface area contributed by atoms with Crippen molar-refractivity contribution in [3.8, 4) is 0 Å². The Labute approximate surface area is 227 Å². The number of carbonyl (C=O) groups excluding carboxylic acids is 1. The van der Waals surface area contributed by atoms with E-state index in [2.05, 4.69) is 6.92 Å². The zero-order chi connectivity index (χ0) is 28.3. The maximum atomic E-state index is 12.5. The van der Waals surface area contributed by atoms with E-state index in [1.165, 1.54) is 0 Å². The number of hydrogen-bond acceptors (Lipinski definition) is 7. The van der Waals surface area contributed by atoms with Crippen molar-refractivity contribution in [2.75, 3.05) is 0 Å². The standard InChI is InChI=1S/C26H44N2O5P2.C2H6/c1-5-7-15-22(6-2)25(3,32-34(27)30)20-13-11-18-24(29)19-12-14-21-26(4,33-35(28)31)23-16-9-8-10-17-23;1-2/h5,7-10,15-17,30-31H,6,11-14,18-21,27-28H2,1-4H3;1-2H3/b7-5-,22-15+;. The largest absolute Gasteiger partial charge is 0.338 e. The number of hydrogen-bond donors (Lipinski definition) is 4. The van der Waals surface area contributed by atoms with Crippen LogP contribution in [0.2, 0.25) is 0 Å². The summed E-state index contributed by atoms with van der Waals surface area (Å²) in [6.45, 7) is 11.9. The van der Waals surface area contributed by atoms with Crippen molar-refractivity contribution in [3.63, 3.8) is 0 Å². The molecule has 1 rings (SSSR count). The molecule has 1 aromatic carbocycles. The number of allylic oxidation sites excluding steroid dienone is 3. The van der Waals surface area contributed by atoms with Gasteiger partial charge in [0.25, 0.3) is 17.1 Å². The summed E-state index contributed by atoms with van der Waals surface area (Å²) in [6, 6.07) is 9.72. The topological polar surface area (TPSA) is 128 Å². The zero-order valence-electron chi connectivity index (χ0n) is 23.7. The molecule has 9 heteroatoms. The summed E-state index contributed by atoms with van der Waals surface area (Å²) >= 11 is 0. The summed E-state index contributed by atoms with van der Waals surface area (Å²) in [6.07, 6.45) is 12.2. The lowest BCUT2D eigenvalue weighted by atomic mass is 9.87. The van der Waals surface area contributed by atoms with Crippen LogP contribution in [0.15, 0.2) is 54.1 Å². The number of benzene rings is 1. The molecule has 0 aromatic heterocycles. The van der Waals surface area contributed by atoms with Crippen LogP contribution in [0.1, 0.15) is 105 Å². The van der Waals surface area contributed by atoms with Crippen molar-refractivity contribution < 1.29 is 23.6 Å². The van der Waals surface area contributed by atoms with E-state index in [1.54, 1.807) is 0 Å². The number of Topliss-reactive ketones (excluding diaryl/α,β-unsaturated/α-hetero) is 1. The Bertz CT molecular complexity index is 805. The highest BCUT2D eigenvalue weighted by molar-refractivity contribution is 7.43. The quantitative estimate of drug-likeness (QED) is 0.0829. The molecule has 1 aromatic rings. The van der Waals surface area contributed by atoms with Gasteiger partial charge in [-0.1, -0.05) is 69.3 Å². The molecule has 0 heterocycles. The van der Waals surface area contributed by atoms with Crippen LogP contribution in [-0.4, -0.2) is 21.2 Å². The zero-order valence-corrected chi connectivity index (χ0v) is 25.4. The van der Waals surface area contributed by atoms with Crippen molar-refractivity contribution >= 4 is 22.8 Å². The van der Waals surface area contributed by atoms with E-state index in [0.717, 1.165) is 43.2 Å². The number of nitrogens with two attached hydrogens (primary N) is 2. The van der Waals surface area contributed by atoms with Crippen molar-refractivity contribution in [2.24, 2.45) is 11.0 Å². The molecule has 0 aliphatic rings. The highest BCUT2D eigenvalue weighted by Crippen LogP contribution is 2.41. The predicted octanol–water partition coefficient (Wildman–Crippen LogP) is 7.68. The van der Waals surface area contributed by atoms with Crippen LogP contribution in [0.5, 0.6) is 0 Å². The molecule has 0 saturated carbocycles. The predicted molar refractivity (Wildman–Crippen MR) is 158 cm³/mol. The third-order valence-corrected chi connectivity index (χ3v) is 7.42. The fraction of sp³-hybridized carbons (Fsp3) is 0.607.